The Bertz CT molecular complexity index is 594. The van der Waals surface area contributed by atoms with E-state index in [1.165, 1.54) is 22.3 Å². The Labute approximate surface area is 127 Å². The van der Waals surface area contributed by atoms with E-state index in [1.54, 1.807) is 0 Å². The van der Waals surface area contributed by atoms with Crippen molar-refractivity contribution in [2.45, 2.75) is 32.6 Å². The standard InChI is InChI=1S/C19H25NO/c1-14-8-15(2)10-17(9-14)11-19(12-20,13-21)18-7-5-4-6-16(18)3/h4-10,21H,11-13,20H2,1-3H3. The number of aliphatic hydroxyl groups is 1. The van der Waals surface area contributed by atoms with Gasteiger partial charge in [0.1, 0.15) is 0 Å². The summed E-state index contributed by atoms with van der Waals surface area (Å²) < 4.78 is 0. The molecule has 21 heavy (non-hydrogen) atoms. The summed E-state index contributed by atoms with van der Waals surface area (Å²) in [5.41, 5.74) is 11.7. The number of aryl methyl sites for hydroxylation is 3. The lowest BCUT2D eigenvalue weighted by Gasteiger charge is -2.33. The maximum atomic E-state index is 10.1. The summed E-state index contributed by atoms with van der Waals surface area (Å²) in [5.74, 6) is 0. The van der Waals surface area contributed by atoms with Gasteiger partial charge >= 0.3 is 0 Å². The van der Waals surface area contributed by atoms with Gasteiger partial charge in [-0.1, -0.05) is 53.6 Å². The average Bonchev–Trinajstić information content (AvgIpc) is 2.44. The minimum atomic E-state index is -0.411. The highest BCUT2D eigenvalue weighted by Gasteiger charge is 2.31. The molecule has 0 fully saturated rings. The van der Waals surface area contributed by atoms with Gasteiger partial charge in [0, 0.05) is 12.0 Å². The van der Waals surface area contributed by atoms with Gasteiger partial charge in [0.2, 0.25) is 0 Å². The third-order valence-electron chi connectivity index (χ3n) is 4.23. The van der Waals surface area contributed by atoms with Crippen molar-refractivity contribution in [2.24, 2.45) is 5.73 Å². The summed E-state index contributed by atoms with van der Waals surface area (Å²) in [7, 11) is 0. The number of benzene rings is 2. The quantitative estimate of drug-likeness (QED) is 0.886. The molecular formula is C19H25NO. The third-order valence-corrected chi connectivity index (χ3v) is 4.23. The summed E-state index contributed by atoms with van der Waals surface area (Å²) in [6.45, 7) is 6.78. The predicted octanol–water partition coefficient (Wildman–Crippen LogP) is 3.04. The average molecular weight is 283 g/mol. The van der Waals surface area contributed by atoms with Crippen LogP contribution < -0.4 is 5.73 Å². The summed E-state index contributed by atoms with van der Waals surface area (Å²) in [4.78, 5) is 0. The van der Waals surface area contributed by atoms with E-state index in [4.69, 9.17) is 5.73 Å². The maximum absolute atomic E-state index is 10.1. The third kappa shape index (κ3) is 3.34. The van der Waals surface area contributed by atoms with Crippen LogP contribution in [-0.2, 0) is 11.8 Å². The van der Waals surface area contributed by atoms with Crippen molar-refractivity contribution < 1.29 is 5.11 Å². The summed E-state index contributed by atoms with van der Waals surface area (Å²) in [6, 6.07) is 14.7. The van der Waals surface area contributed by atoms with Crippen molar-refractivity contribution in [1.82, 2.24) is 0 Å². The Kier molecular flexibility index (Phi) is 4.81. The molecule has 0 amide bonds. The molecule has 0 aliphatic carbocycles. The molecule has 0 aromatic heterocycles. The monoisotopic (exact) mass is 283 g/mol. The summed E-state index contributed by atoms with van der Waals surface area (Å²) in [5, 5.41) is 10.1. The minimum Gasteiger partial charge on any atom is -0.395 e. The van der Waals surface area contributed by atoms with E-state index in [0.717, 1.165) is 12.0 Å². The van der Waals surface area contributed by atoms with E-state index in [9.17, 15) is 5.11 Å². The molecule has 0 heterocycles. The zero-order valence-electron chi connectivity index (χ0n) is 13.2. The highest BCUT2D eigenvalue weighted by atomic mass is 16.3. The summed E-state index contributed by atoms with van der Waals surface area (Å²) >= 11 is 0. The van der Waals surface area contributed by atoms with Crippen LogP contribution in [0.4, 0.5) is 0 Å². The van der Waals surface area contributed by atoms with Crippen molar-refractivity contribution in [3.63, 3.8) is 0 Å². The SMILES string of the molecule is Cc1cc(C)cc(CC(CN)(CO)c2ccccc2C)c1. The molecule has 0 spiro atoms. The topological polar surface area (TPSA) is 46.2 Å². The number of aliphatic hydroxyl groups excluding tert-OH is 1. The molecule has 2 rings (SSSR count). The lowest BCUT2D eigenvalue weighted by molar-refractivity contribution is 0.195. The van der Waals surface area contributed by atoms with E-state index in [-0.39, 0.29) is 6.61 Å². The Morgan fingerprint density at radius 1 is 1.00 bits per heavy atom. The van der Waals surface area contributed by atoms with Gasteiger partial charge in [0.05, 0.1) is 6.61 Å². The van der Waals surface area contributed by atoms with E-state index in [1.807, 2.05) is 12.1 Å². The maximum Gasteiger partial charge on any atom is 0.0543 e. The van der Waals surface area contributed by atoms with Crippen LogP contribution in [0.3, 0.4) is 0 Å². The van der Waals surface area contributed by atoms with Crippen molar-refractivity contribution in [2.75, 3.05) is 13.2 Å². The molecule has 112 valence electrons. The first-order valence-corrected chi connectivity index (χ1v) is 7.45. The van der Waals surface area contributed by atoms with Crippen molar-refractivity contribution in [3.8, 4) is 0 Å². The number of rotatable bonds is 5. The first kappa shape index (κ1) is 15.7. The van der Waals surface area contributed by atoms with Gasteiger partial charge < -0.3 is 10.8 Å². The molecule has 2 aromatic rings. The lowest BCUT2D eigenvalue weighted by Crippen LogP contribution is -2.41. The van der Waals surface area contributed by atoms with Crippen molar-refractivity contribution in [3.05, 3.63) is 70.3 Å². The molecule has 1 atom stereocenters. The Hall–Kier alpha value is -1.64. The molecule has 3 N–H and O–H groups in total. The van der Waals surface area contributed by atoms with E-state index >= 15 is 0 Å². The van der Waals surface area contributed by atoms with Crippen LogP contribution in [0.1, 0.15) is 27.8 Å². The molecule has 1 unspecified atom stereocenters. The van der Waals surface area contributed by atoms with Crippen LogP contribution in [0.15, 0.2) is 42.5 Å². The van der Waals surface area contributed by atoms with Crippen molar-refractivity contribution >= 4 is 0 Å². The Balaban J connectivity index is 2.45. The zero-order chi connectivity index (χ0) is 15.5. The molecule has 0 saturated carbocycles. The Morgan fingerprint density at radius 2 is 1.62 bits per heavy atom. The van der Waals surface area contributed by atoms with Gasteiger partial charge in [-0.2, -0.15) is 0 Å². The van der Waals surface area contributed by atoms with E-state index in [2.05, 4.69) is 51.1 Å². The van der Waals surface area contributed by atoms with Crippen LogP contribution in [0, 0.1) is 20.8 Å². The highest BCUT2D eigenvalue weighted by Crippen LogP contribution is 2.30. The first-order valence-electron chi connectivity index (χ1n) is 7.45. The zero-order valence-corrected chi connectivity index (χ0v) is 13.2. The second-order valence-electron chi connectivity index (χ2n) is 6.13. The molecule has 2 heteroatoms. The van der Waals surface area contributed by atoms with Crippen LogP contribution in [0.25, 0.3) is 0 Å². The molecular weight excluding hydrogens is 258 g/mol. The summed E-state index contributed by atoms with van der Waals surface area (Å²) in [6.07, 6.45) is 0.757. The minimum absolute atomic E-state index is 0.0569. The fourth-order valence-electron chi connectivity index (χ4n) is 3.21. The predicted molar refractivity (Wildman–Crippen MR) is 88.6 cm³/mol. The van der Waals surface area contributed by atoms with Crippen LogP contribution >= 0.6 is 0 Å². The van der Waals surface area contributed by atoms with Gasteiger partial charge in [-0.05, 0) is 43.9 Å². The van der Waals surface area contributed by atoms with Crippen molar-refractivity contribution in [1.29, 1.82) is 0 Å². The van der Waals surface area contributed by atoms with Gasteiger partial charge in [-0.25, -0.2) is 0 Å². The van der Waals surface area contributed by atoms with Gasteiger partial charge in [-0.15, -0.1) is 0 Å². The van der Waals surface area contributed by atoms with Crippen LogP contribution in [-0.4, -0.2) is 18.3 Å². The molecule has 2 nitrogen and oxygen atoms in total. The van der Waals surface area contributed by atoms with Crippen LogP contribution in [0.5, 0.6) is 0 Å². The second-order valence-corrected chi connectivity index (χ2v) is 6.13. The normalized spacial score (nSPS) is 14.0. The number of hydrogen-bond donors (Lipinski definition) is 2. The lowest BCUT2D eigenvalue weighted by atomic mass is 9.74. The largest absolute Gasteiger partial charge is 0.395 e. The number of nitrogens with two attached hydrogens (primary N) is 1. The Morgan fingerprint density at radius 3 is 2.14 bits per heavy atom. The number of hydrogen-bond acceptors (Lipinski definition) is 2. The van der Waals surface area contributed by atoms with Gasteiger partial charge in [0.15, 0.2) is 0 Å². The van der Waals surface area contributed by atoms with Crippen LogP contribution in [0.2, 0.25) is 0 Å². The first-order chi connectivity index (χ1) is 10.0. The van der Waals surface area contributed by atoms with E-state index < -0.39 is 5.41 Å². The second kappa shape index (κ2) is 6.42. The molecule has 0 aliphatic heterocycles. The molecule has 0 radical (unpaired) electrons. The molecule has 0 bridgehead atoms. The smallest absolute Gasteiger partial charge is 0.0543 e. The fourth-order valence-corrected chi connectivity index (χ4v) is 3.21. The molecule has 2 aromatic carbocycles. The van der Waals surface area contributed by atoms with E-state index in [0.29, 0.717) is 6.54 Å². The van der Waals surface area contributed by atoms with Gasteiger partial charge in [0.25, 0.3) is 0 Å². The highest BCUT2D eigenvalue weighted by molar-refractivity contribution is 5.38. The fraction of sp³-hybridized carbons (Fsp3) is 0.368. The van der Waals surface area contributed by atoms with Gasteiger partial charge in [-0.3, -0.25) is 0 Å². The molecule has 0 aliphatic rings. The molecule has 0 saturated heterocycles.